The second kappa shape index (κ2) is 6.73. The van der Waals surface area contributed by atoms with Crippen molar-refractivity contribution in [3.8, 4) is 11.4 Å². The summed E-state index contributed by atoms with van der Waals surface area (Å²) in [6.45, 7) is 0.175. The van der Waals surface area contributed by atoms with Crippen LogP contribution in [0.1, 0.15) is 12.3 Å². The fourth-order valence-electron chi connectivity index (χ4n) is 1.62. The van der Waals surface area contributed by atoms with Crippen molar-refractivity contribution < 1.29 is 31.6 Å². The third-order valence-electron chi connectivity index (χ3n) is 2.70. The molecule has 0 aliphatic carbocycles. The van der Waals surface area contributed by atoms with Crippen LogP contribution in [0, 0.1) is 5.82 Å². The van der Waals surface area contributed by atoms with E-state index in [1.807, 2.05) is 0 Å². The minimum Gasteiger partial charge on any atom is -0.384 e. The number of methoxy groups -OCH3 is 1. The van der Waals surface area contributed by atoms with Gasteiger partial charge in [0.05, 0.1) is 18.7 Å². The molecule has 23 heavy (non-hydrogen) atoms. The Hall–Kier alpha value is -2.49. The number of nitrogens with zero attached hydrogens (tertiary/aromatic N) is 2. The Morgan fingerprint density at radius 2 is 2.13 bits per heavy atom. The second-order valence-electron chi connectivity index (χ2n) is 4.41. The Balaban J connectivity index is 2.16. The zero-order valence-electron chi connectivity index (χ0n) is 11.8. The average Bonchev–Trinajstić information content (AvgIpc) is 2.97. The first-order valence-corrected chi connectivity index (χ1v) is 6.31. The van der Waals surface area contributed by atoms with E-state index >= 15 is 0 Å². The lowest BCUT2D eigenvalue weighted by atomic mass is 10.2. The maximum Gasteiger partial charge on any atom is 0.471 e. The molecule has 1 aromatic carbocycles. The smallest absolute Gasteiger partial charge is 0.384 e. The summed E-state index contributed by atoms with van der Waals surface area (Å²) in [7, 11) is 1.42. The van der Waals surface area contributed by atoms with Crippen molar-refractivity contribution in [3.05, 3.63) is 29.9 Å². The van der Waals surface area contributed by atoms with E-state index in [0.29, 0.717) is 0 Å². The lowest BCUT2D eigenvalue weighted by Crippen LogP contribution is -2.14. The SMILES string of the molecule is COCCC(=O)Nc1ccc(-c2noc(C(F)(F)F)n2)cc1F. The monoisotopic (exact) mass is 333 g/mol. The van der Waals surface area contributed by atoms with Crippen molar-refractivity contribution in [1.29, 1.82) is 0 Å². The molecule has 0 fully saturated rings. The number of carbonyl (C=O) groups is 1. The Morgan fingerprint density at radius 1 is 1.39 bits per heavy atom. The molecule has 0 aliphatic rings. The van der Waals surface area contributed by atoms with E-state index in [-0.39, 0.29) is 24.3 Å². The van der Waals surface area contributed by atoms with Gasteiger partial charge in [0.15, 0.2) is 0 Å². The summed E-state index contributed by atoms with van der Waals surface area (Å²) < 4.78 is 59.8. The number of hydrogen-bond donors (Lipinski definition) is 1. The largest absolute Gasteiger partial charge is 0.471 e. The molecule has 0 radical (unpaired) electrons. The zero-order valence-corrected chi connectivity index (χ0v) is 11.8. The Morgan fingerprint density at radius 3 is 2.70 bits per heavy atom. The van der Waals surface area contributed by atoms with Crippen molar-refractivity contribution in [2.75, 3.05) is 19.0 Å². The summed E-state index contributed by atoms with van der Waals surface area (Å²) in [5.41, 5.74) is -0.133. The summed E-state index contributed by atoms with van der Waals surface area (Å²) >= 11 is 0. The van der Waals surface area contributed by atoms with Gasteiger partial charge >= 0.3 is 12.1 Å². The van der Waals surface area contributed by atoms with Crippen molar-refractivity contribution in [3.63, 3.8) is 0 Å². The van der Waals surface area contributed by atoms with E-state index < -0.39 is 29.6 Å². The minimum absolute atomic E-state index is 0.0170. The number of amides is 1. The van der Waals surface area contributed by atoms with Crippen molar-refractivity contribution in [2.45, 2.75) is 12.6 Å². The molecular formula is C13H11F4N3O3. The zero-order chi connectivity index (χ0) is 17.0. The van der Waals surface area contributed by atoms with Gasteiger partial charge < -0.3 is 14.6 Å². The maximum atomic E-state index is 13.9. The van der Waals surface area contributed by atoms with E-state index in [1.165, 1.54) is 19.2 Å². The van der Waals surface area contributed by atoms with Crippen LogP contribution in [0.5, 0.6) is 0 Å². The molecule has 124 valence electrons. The highest BCUT2D eigenvalue weighted by atomic mass is 19.4. The number of benzene rings is 1. The molecule has 10 heteroatoms. The molecule has 2 rings (SSSR count). The van der Waals surface area contributed by atoms with Crippen molar-refractivity contribution in [2.24, 2.45) is 0 Å². The molecule has 0 bridgehead atoms. The number of aromatic nitrogens is 2. The Kier molecular flexibility index (Phi) is 4.94. The van der Waals surface area contributed by atoms with Crippen LogP contribution in [0.2, 0.25) is 0 Å². The normalized spacial score (nSPS) is 11.5. The van der Waals surface area contributed by atoms with Crippen LogP contribution in [0.3, 0.4) is 0 Å². The molecule has 1 amide bonds. The van der Waals surface area contributed by atoms with Gasteiger partial charge in [0, 0.05) is 12.7 Å². The quantitative estimate of drug-likeness (QED) is 0.852. The van der Waals surface area contributed by atoms with E-state index in [9.17, 15) is 22.4 Å². The Labute approximate surface area is 127 Å². The fourth-order valence-corrected chi connectivity index (χ4v) is 1.62. The standard InChI is InChI=1S/C13H11F4N3O3/c1-22-5-4-10(21)18-9-3-2-7(6-8(9)14)11-19-12(23-20-11)13(15,16)17/h2-3,6H,4-5H2,1H3,(H,18,21). The molecule has 0 atom stereocenters. The summed E-state index contributed by atoms with van der Waals surface area (Å²) in [5.74, 6) is -3.23. The van der Waals surface area contributed by atoms with Gasteiger partial charge in [-0.2, -0.15) is 18.2 Å². The third kappa shape index (κ3) is 4.25. The van der Waals surface area contributed by atoms with Gasteiger partial charge in [-0.1, -0.05) is 5.16 Å². The lowest BCUT2D eigenvalue weighted by Gasteiger charge is -2.06. The predicted molar refractivity (Wildman–Crippen MR) is 69.8 cm³/mol. The first kappa shape index (κ1) is 16.9. The minimum atomic E-state index is -4.78. The number of rotatable bonds is 5. The summed E-state index contributed by atoms with van der Waals surface area (Å²) in [6.07, 6.45) is -4.74. The molecule has 0 saturated heterocycles. The van der Waals surface area contributed by atoms with Crippen LogP contribution < -0.4 is 5.32 Å². The van der Waals surface area contributed by atoms with Crippen LogP contribution >= 0.6 is 0 Å². The van der Waals surface area contributed by atoms with Gasteiger partial charge in [-0.05, 0) is 18.2 Å². The van der Waals surface area contributed by atoms with Gasteiger partial charge in [0.2, 0.25) is 11.7 Å². The number of carbonyl (C=O) groups excluding carboxylic acids is 1. The van der Waals surface area contributed by atoms with Crippen molar-refractivity contribution >= 4 is 11.6 Å². The molecule has 1 heterocycles. The van der Waals surface area contributed by atoms with E-state index in [4.69, 9.17) is 4.74 Å². The van der Waals surface area contributed by atoms with Crippen molar-refractivity contribution in [1.82, 2.24) is 10.1 Å². The number of hydrogen-bond acceptors (Lipinski definition) is 5. The molecule has 0 unspecified atom stereocenters. The van der Waals surface area contributed by atoms with E-state index in [0.717, 1.165) is 6.07 Å². The lowest BCUT2D eigenvalue weighted by molar-refractivity contribution is -0.159. The molecule has 0 saturated carbocycles. The van der Waals surface area contributed by atoms with Crippen LogP contribution in [0.4, 0.5) is 23.2 Å². The molecule has 0 aliphatic heterocycles. The number of nitrogens with one attached hydrogen (secondary N) is 1. The topological polar surface area (TPSA) is 77.2 Å². The number of alkyl halides is 3. The van der Waals surface area contributed by atoms with Crippen LogP contribution in [-0.4, -0.2) is 29.8 Å². The predicted octanol–water partition coefficient (Wildman–Crippen LogP) is 2.87. The molecule has 1 aromatic heterocycles. The highest BCUT2D eigenvalue weighted by molar-refractivity contribution is 5.91. The average molecular weight is 333 g/mol. The maximum absolute atomic E-state index is 13.9. The first-order valence-electron chi connectivity index (χ1n) is 6.31. The molecule has 6 nitrogen and oxygen atoms in total. The highest BCUT2D eigenvalue weighted by Crippen LogP contribution is 2.30. The number of anilines is 1. The summed E-state index contributed by atoms with van der Waals surface area (Å²) in [4.78, 5) is 14.6. The van der Waals surface area contributed by atoms with Gasteiger partial charge in [0.1, 0.15) is 5.82 Å². The van der Waals surface area contributed by atoms with Crippen LogP contribution in [0.25, 0.3) is 11.4 Å². The fraction of sp³-hybridized carbons (Fsp3) is 0.308. The van der Waals surface area contributed by atoms with E-state index in [1.54, 1.807) is 0 Å². The Bertz CT molecular complexity index is 700. The molecule has 2 aromatic rings. The van der Waals surface area contributed by atoms with Gasteiger partial charge in [-0.25, -0.2) is 4.39 Å². The van der Waals surface area contributed by atoms with Crippen LogP contribution in [0.15, 0.2) is 22.7 Å². The molecule has 1 N–H and O–H groups in total. The summed E-state index contributed by atoms with van der Waals surface area (Å²) in [5, 5.41) is 5.46. The molecule has 0 spiro atoms. The first-order chi connectivity index (χ1) is 10.8. The molecular weight excluding hydrogens is 322 g/mol. The summed E-state index contributed by atoms with van der Waals surface area (Å²) in [6, 6.07) is 3.36. The second-order valence-corrected chi connectivity index (χ2v) is 4.41. The van der Waals surface area contributed by atoms with Gasteiger partial charge in [-0.3, -0.25) is 4.79 Å². The van der Waals surface area contributed by atoms with E-state index in [2.05, 4.69) is 20.0 Å². The number of ether oxygens (including phenoxy) is 1. The van der Waals surface area contributed by atoms with Crippen LogP contribution in [-0.2, 0) is 15.7 Å². The van der Waals surface area contributed by atoms with Gasteiger partial charge in [-0.15, -0.1) is 0 Å². The number of halogens is 4. The highest BCUT2D eigenvalue weighted by Gasteiger charge is 2.38. The third-order valence-corrected chi connectivity index (χ3v) is 2.70. The van der Waals surface area contributed by atoms with Gasteiger partial charge in [0.25, 0.3) is 0 Å².